The van der Waals surface area contributed by atoms with Gasteiger partial charge in [-0.2, -0.15) is 0 Å². The van der Waals surface area contributed by atoms with Crippen LogP contribution in [0.5, 0.6) is 0 Å². The lowest BCUT2D eigenvalue weighted by atomic mass is 10.1. The van der Waals surface area contributed by atoms with Crippen molar-refractivity contribution in [1.29, 1.82) is 0 Å². The number of thiazole rings is 1. The monoisotopic (exact) mass is 451 g/mol. The molecule has 1 aliphatic rings. The van der Waals surface area contributed by atoms with Crippen molar-refractivity contribution in [3.63, 3.8) is 0 Å². The molecule has 0 radical (unpaired) electrons. The molecule has 1 fully saturated rings. The number of aliphatic hydroxyl groups is 1. The molecule has 1 aromatic carbocycles. The van der Waals surface area contributed by atoms with Crippen molar-refractivity contribution in [3.8, 4) is 11.4 Å². The molecule has 0 aliphatic carbocycles. The first-order chi connectivity index (χ1) is 15.6. The van der Waals surface area contributed by atoms with Crippen LogP contribution in [-0.2, 0) is 18.4 Å². The number of aryl methyl sites for hydroxylation is 1. The zero-order valence-electron chi connectivity index (χ0n) is 17.4. The Morgan fingerprint density at radius 2 is 1.94 bits per heavy atom. The molecule has 5 rings (SSSR count). The lowest BCUT2D eigenvalue weighted by molar-refractivity contribution is 0.122. The molecule has 0 spiro atoms. The van der Waals surface area contributed by atoms with Crippen molar-refractivity contribution in [2.45, 2.75) is 6.61 Å². The van der Waals surface area contributed by atoms with Crippen LogP contribution in [0.15, 0.2) is 40.8 Å². The van der Waals surface area contributed by atoms with Crippen LogP contribution in [0.1, 0.15) is 5.69 Å². The summed E-state index contributed by atoms with van der Waals surface area (Å²) >= 11 is 1.32. The average Bonchev–Trinajstić information content (AvgIpc) is 3.29. The summed E-state index contributed by atoms with van der Waals surface area (Å²) in [7, 11) is 1.63. The smallest absolute Gasteiger partial charge is 0.266 e. The summed E-state index contributed by atoms with van der Waals surface area (Å²) in [4.78, 5) is 32.9. The number of fused-ring (bicyclic) bond motifs is 1. The highest BCUT2D eigenvalue weighted by Crippen LogP contribution is 2.27. The van der Waals surface area contributed by atoms with Gasteiger partial charge in [0.25, 0.3) is 5.56 Å². The maximum Gasteiger partial charge on any atom is 0.266 e. The molecule has 0 bridgehead atoms. The van der Waals surface area contributed by atoms with Crippen molar-refractivity contribution in [1.82, 2.24) is 24.5 Å². The number of ether oxygens (including phenoxy) is 1. The molecule has 0 unspecified atom stereocenters. The van der Waals surface area contributed by atoms with E-state index in [1.165, 1.54) is 22.2 Å². The maximum absolute atomic E-state index is 12.8. The fourth-order valence-corrected chi connectivity index (χ4v) is 4.21. The van der Waals surface area contributed by atoms with Crippen LogP contribution in [0.2, 0.25) is 0 Å². The molecule has 1 aliphatic heterocycles. The van der Waals surface area contributed by atoms with Gasteiger partial charge in [-0.15, -0.1) is 11.3 Å². The standard InChI is InChI=1S/C21H21N7O3S/c1-27-12-22-18-16(20(27)30)19(26-21-23-14(10-29)11-32-21)25-17(24-18)13-2-4-15(5-3-13)28-6-8-31-9-7-28/h2-5,11-12,29H,6-10H2,1H3,(H,23,24,25,26). The summed E-state index contributed by atoms with van der Waals surface area (Å²) in [5.41, 5.74) is 2.51. The van der Waals surface area contributed by atoms with E-state index >= 15 is 0 Å². The first-order valence-electron chi connectivity index (χ1n) is 10.1. The quantitative estimate of drug-likeness (QED) is 0.469. The van der Waals surface area contributed by atoms with Crippen molar-refractivity contribution < 1.29 is 9.84 Å². The second kappa shape index (κ2) is 8.61. The number of aromatic nitrogens is 5. The maximum atomic E-state index is 12.8. The van der Waals surface area contributed by atoms with E-state index in [4.69, 9.17) is 4.74 Å². The molecule has 3 aromatic heterocycles. The number of rotatable bonds is 5. The van der Waals surface area contributed by atoms with Gasteiger partial charge < -0.3 is 24.6 Å². The molecule has 4 aromatic rings. The number of hydrogen-bond acceptors (Lipinski definition) is 10. The molecule has 11 heteroatoms. The lowest BCUT2D eigenvalue weighted by Crippen LogP contribution is -2.36. The van der Waals surface area contributed by atoms with Gasteiger partial charge >= 0.3 is 0 Å². The van der Waals surface area contributed by atoms with Crippen LogP contribution >= 0.6 is 11.3 Å². The summed E-state index contributed by atoms with van der Waals surface area (Å²) in [5, 5.41) is 15.0. The Morgan fingerprint density at radius 3 is 2.66 bits per heavy atom. The summed E-state index contributed by atoms with van der Waals surface area (Å²) in [6.45, 7) is 3.00. The molecule has 32 heavy (non-hydrogen) atoms. The normalized spacial score (nSPS) is 14.1. The van der Waals surface area contributed by atoms with Gasteiger partial charge in [-0.25, -0.2) is 19.9 Å². The van der Waals surface area contributed by atoms with Gasteiger partial charge in [0.2, 0.25) is 0 Å². The van der Waals surface area contributed by atoms with E-state index in [2.05, 4.69) is 30.2 Å². The van der Waals surface area contributed by atoms with E-state index in [9.17, 15) is 9.90 Å². The molecule has 164 valence electrons. The Morgan fingerprint density at radius 1 is 1.16 bits per heavy atom. The summed E-state index contributed by atoms with van der Waals surface area (Å²) in [6.07, 6.45) is 1.44. The number of morpholine rings is 1. The second-order valence-corrected chi connectivity index (χ2v) is 8.19. The third-order valence-electron chi connectivity index (χ3n) is 5.22. The number of nitrogens with zero attached hydrogens (tertiary/aromatic N) is 6. The first kappa shape index (κ1) is 20.5. The molecule has 4 heterocycles. The molecule has 1 saturated heterocycles. The minimum Gasteiger partial charge on any atom is -0.390 e. The van der Waals surface area contributed by atoms with Crippen molar-refractivity contribution in [2.75, 3.05) is 36.5 Å². The average molecular weight is 452 g/mol. The highest BCUT2D eigenvalue weighted by Gasteiger charge is 2.17. The van der Waals surface area contributed by atoms with Gasteiger partial charge in [-0.05, 0) is 24.3 Å². The minimum atomic E-state index is -0.259. The van der Waals surface area contributed by atoms with Crippen molar-refractivity contribution >= 4 is 39.0 Å². The Bertz CT molecular complexity index is 1310. The summed E-state index contributed by atoms with van der Waals surface area (Å²) < 4.78 is 6.81. The zero-order chi connectivity index (χ0) is 22.1. The summed E-state index contributed by atoms with van der Waals surface area (Å²) in [6, 6.07) is 7.99. The third kappa shape index (κ3) is 3.93. The molecule has 2 N–H and O–H groups in total. The van der Waals surface area contributed by atoms with Crippen LogP contribution in [-0.4, -0.2) is 55.9 Å². The van der Waals surface area contributed by atoms with Gasteiger partial charge in [0, 0.05) is 36.8 Å². The molecule has 10 nitrogen and oxygen atoms in total. The van der Waals surface area contributed by atoms with Crippen LogP contribution in [0.3, 0.4) is 0 Å². The fourth-order valence-electron chi connectivity index (χ4n) is 3.51. The minimum absolute atomic E-state index is 0.160. The van der Waals surface area contributed by atoms with Crippen LogP contribution < -0.4 is 15.8 Å². The zero-order valence-corrected chi connectivity index (χ0v) is 18.2. The SMILES string of the molecule is Cn1cnc2nc(-c3ccc(N4CCOCC4)cc3)nc(Nc3nc(CO)cs3)c2c1=O. The number of anilines is 3. The third-order valence-corrected chi connectivity index (χ3v) is 6.02. The molecule has 0 saturated carbocycles. The predicted octanol–water partition coefficient (Wildman–Crippen LogP) is 1.92. The van der Waals surface area contributed by atoms with Crippen molar-refractivity contribution in [2.24, 2.45) is 7.05 Å². The van der Waals surface area contributed by atoms with Gasteiger partial charge in [-0.3, -0.25) is 4.79 Å². The van der Waals surface area contributed by atoms with E-state index in [1.807, 2.05) is 24.3 Å². The molecule has 0 amide bonds. The van der Waals surface area contributed by atoms with E-state index in [-0.39, 0.29) is 17.6 Å². The van der Waals surface area contributed by atoms with Gasteiger partial charge in [0.05, 0.1) is 31.8 Å². The number of benzene rings is 1. The van der Waals surface area contributed by atoms with Gasteiger partial charge in [0.15, 0.2) is 22.4 Å². The Kier molecular flexibility index (Phi) is 5.52. The fraction of sp³-hybridized carbons (Fsp3) is 0.286. The van der Waals surface area contributed by atoms with Gasteiger partial charge in [-0.1, -0.05) is 0 Å². The number of aliphatic hydroxyl groups excluding tert-OH is 1. The Hall–Kier alpha value is -3.41. The largest absolute Gasteiger partial charge is 0.390 e. The highest BCUT2D eigenvalue weighted by atomic mass is 32.1. The Labute approximate surface area is 187 Å². The topological polar surface area (TPSA) is 118 Å². The van der Waals surface area contributed by atoms with E-state index in [0.29, 0.717) is 28.1 Å². The van der Waals surface area contributed by atoms with E-state index in [1.54, 1.807) is 12.4 Å². The van der Waals surface area contributed by atoms with E-state index in [0.717, 1.165) is 37.6 Å². The molecular weight excluding hydrogens is 430 g/mol. The highest BCUT2D eigenvalue weighted by molar-refractivity contribution is 7.13. The molecule has 0 atom stereocenters. The van der Waals surface area contributed by atoms with Crippen LogP contribution in [0.4, 0.5) is 16.6 Å². The number of nitrogens with one attached hydrogen (secondary N) is 1. The van der Waals surface area contributed by atoms with Crippen LogP contribution in [0, 0.1) is 0 Å². The van der Waals surface area contributed by atoms with E-state index < -0.39 is 0 Å². The molecular formula is C21H21N7O3S. The Balaban J connectivity index is 1.56. The lowest BCUT2D eigenvalue weighted by Gasteiger charge is -2.28. The predicted molar refractivity (Wildman–Crippen MR) is 122 cm³/mol. The summed E-state index contributed by atoms with van der Waals surface area (Å²) in [5.74, 6) is 0.781. The van der Waals surface area contributed by atoms with Crippen molar-refractivity contribution in [3.05, 3.63) is 52.0 Å². The number of hydrogen-bond donors (Lipinski definition) is 2. The van der Waals surface area contributed by atoms with Crippen LogP contribution in [0.25, 0.3) is 22.4 Å². The second-order valence-electron chi connectivity index (χ2n) is 7.33. The first-order valence-corrected chi connectivity index (χ1v) is 11.0. The van der Waals surface area contributed by atoms with Gasteiger partial charge in [0.1, 0.15) is 5.39 Å².